The maximum absolute atomic E-state index is 12.0. The molecule has 23 heavy (non-hydrogen) atoms. The monoisotopic (exact) mass is 335 g/mol. The molecule has 1 aliphatic rings. The zero-order chi connectivity index (χ0) is 17.1. The van der Waals surface area contributed by atoms with Crippen LogP contribution >= 0.6 is 11.6 Å². The molecule has 0 spiro atoms. The summed E-state index contributed by atoms with van der Waals surface area (Å²) in [6.45, 7) is 1.42. The van der Waals surface area contributed by atoms with Gasteiger partial charge in [-0.3, -0.25) is 24.5 Å². The lowest BCUT2D eigenvalue weighted by Gasteiger charge is -2.15. The van der Waals surface area contributed by atoms with Gasteiger partial charge in [0.05, 0.1) is 10.5 Å². The summed E-state index contributed by atoms with van der Waals surface area (Å²) in [5.41, 5.74) is -0.175. The van der Waals surface area contributed by atoms with Crippen LogP contribution in [-0.4, -0.2) is 22.5 Å². The van der Waals surface area contributed by atoms with Gasteiger partial charge in [0.2, 0.25) is 0 Å². The minimum Gasteiger partial charge on any atom is -0.430 e. The Bertz CT molecular complexity index is 780. The summed E-state index contributed by atoms with van der Waals surface area (Å²) >= 11 is 5.77. The predicted octanol–water partition coefficient (Wildman–Crippen LogP) is 2.48. The summed E-state index contributed by atoms with van der Waals surface area (Å²) in [6, 6.07) is 3.83. The van der Waals surface area contributed by atoms with Gasteiger partial charge in [-0.2, -0.15) is 0 Å². The smallest absolute Gasteiger partial charge is 0.329 e. The molecule has 0 amide bonds. The van der Waals surface area contributed by atoms with Crippen molar-refractivity contribution >= 4 is 40.9 Å². The largest absolute Gasteiger partial charge is 0.430 e. The van der Waals surface area contributed by atoms with Crippen LogP contribution in [0, 0.1) is 16.0 Å². The van der Waals surface area contributed by atoms with E-state index in [1.165, 1.54) is 25.1 Å². The highest BCUT2D eigenvalue weighted by atomic mass is 35.5. The molecular formula is C15H10ClNO6. The van der Waals surface area contributed by atoms with Crippen LogP contribution in [0.5, 0.6) is 0 Å². The van der Waals surface area contributed by atoms with Crippen molar-refractivity contribution in [2.24, 2.45) is 5.92 Å². The summed E-state index contributed by atoms with van der Waals surface area (Å²) in [4.78, 5) is 45.7. The zero-order valence-electron chi connectivity index (χ0n) is 11.8. The molecule has 0 fully saturated rings. The van der Waals surface area contributed by atoms with E-state index in [-0.39, 0.29) is 22.0 Å². The van der Waals surface area contributed by atoms with Crippen LogP contribution in [0.1, 0.15) is 12.5 Å². The van der Waals surface area contributed by atoms with E-state index in [4.69, 9.17) is 16.3 Å². The lowest BCUT2D eigenvalue weighted by Crippen LogP contribution is -2.34. The Balaban J connectivity index is 2.29. The third-order valence-electron chi connectivity index (χ3n) is 3.03. The van der Waals surface area contributed by atoms with Gasteiger partial charge >= 0.3 is 5.97 Å². The fourth-order valence-electron chi connectivity index (χ4n) is 2.00. The van der Waals surface area contributed by atoms with Crippen LogP contribution < -0.4 is 0 Å². The second kappa shape index (κ2) is 6.53. The molecule has 1 aromatic rings. The minimum absolute atomic E-state index is 0.0826. The normalized spacial score (nSPS) is 17.8. The fraction of sp³-hybridized carbons (Fsp3) is 0.133. The molecule has 1 atom stereocenters. The molecule has 0 saturated carbocycles. The van der Waals surface area contributed by atoms with Gasteiger partial charge in [-0.1, -0.05) is 11.6 Å². The summed E-state index contributed by atoms with van der Waals surface area (Å²) in [5, 5.41) is 11.2. The number of nitro groups is 1. The van der Waals surface area contributed by atoms with E-state index in [0.717, 1.165) is 18.2 Å². The molecule has 1 unspecified atom stereocenters. The zero-order valence-corrected chi connectivity index (χ0v) is 12.6. The van der Waals surface area contributed by atoms with Gasteiger partial charge in [0, 0.05) is 17.2 Å². The third-order valence-corrected chi connectivity index (χ3v) is 3.26. The molecule has 2 rings (SSSR count). The molecule has 0 N–H and O–H groups in total. The summed E-state index contributed by atoms with van der Waals surface area (Å²) in [5.74, 6) is -3.95. The number of hydrogen-bond donors (Lipinski definition) is 0. The van der Waals surface area contributed by atoms with Crippen molar-refractivity contribution in [3.63, 3.8) is 0 Å². The molecule has 0 radical (unpaired) electrons. The van der Waals surface area contributed by atoms with Gasteiger partial charge in [0.25, 0.3) is 5.69 Å². The molecule has 0 aliphatic carbocycles. The number of nitro benzene ring substituents is 1. The molecule has 1 aliphatic heterocycles. The first-order valence-electron chi connectivity index (χ1n) is 6.39. The topological polar surface area (TPSA) is 104 Å². The number of carbonyl (C=O) groups excluding carboxylic acids is 3. The first kappa shape index (κ1) is 16.6. The average Bonchev–Trinajstić information content (AvgIpc) is 2.43. The number of ketones is 2. The van der Waals surface area contributed by atoms with Gasteiger partial charge < -0.3 is 4.74 Å². The first-order chi connectivity index (χ1) is 10.8. The highest BCUT2D eigenvalue weighted by molar-refractivity contribution is 6.31. The van der Waals surface area contributed by atoms with Gasteiger partial charge in [-0.15, -0.1) is 0 Å². The van der Waals surface area contributed by atoms with E-state index in [1.54, 1.807) is 0 Å². The fourth-order valence-corrected chi connectivity index (χ4v) is 2.18. The molecule has 0 aromatic heterocycles. The Morgan fingerprint density at radius 3 is 2.70 bits per heavy atom. The van der Waals surface area contributed by atoms with Gasteiger partial charge in [0.1, 0.15) is 5.76 Å². The Morgan fingerprint density at radius 2 is 2.09 bits per heavy atom. The number of allylic oxidation sites excluding steroid dienone is 3. The molecule has 0 saturated heterocycles. The maximum Gasteiger partial charge on any atom is 0.329 e. The summed E-state index contributed by atoms with van der Waals surface area (Å²) in [7, 11) is 0. The molecule has 7 nitrogen and oxygen atoms in total. The second-order valence-corrected chi connectivity index (χ2v) is 5.14. The van der Waals surface area contributed by atoms with Crippen molar-refractivity contribution in [3.05, 3.63) is 56.8 Å². The van der Waals surface area contributed by atoms with Crippen LogP contribution in [0.25, 0.3) is 6.08 Å². The van der Waals surface area contributed by atoms with E-state index < -0.39 is 28.4 Å². The Hall–Kier alpha value is -2.80. The highest BCUT2D eigenvalue weighted by Gasteiger charge is 2.36. The first-order valence-corrected chi connectivity index (χ1v) is 6.77. The number of esters is 1. The van der Waals surface area contributed by atoms with Gasteiger partial charge in [-0.05, 0) is 31.2 Å². The third kappa shape index (κ3) is 3.70. The van der Waals surface area contributed by atoms with E-state index >= 15 is 0 Å². The van der Waals surface area contributed by atoms with Crippen LogP contribution in [-0.2, 0) is 19.1 Å². The van der Waals surface area contributed by atoms with Gasteiger partial charge in [0.15, 0.2) is 17.5 Å². The second-order valence-electron chi connectivity index (χ2n) is 4.71. The van der Waals surface area contributed by atoms with Crippen LogP contribution in [0.2, 0.25) is 5.02 Å². The number of nitrogens with zero attached hydrogens (tertiary/aromatic N) is 1. The van der Waals surface area contributed by atoms with Crippen LogP contribution in [0.3, 0.4) is 0 Å². The van der Waals surface area contributed by atoms with Crippen molar-refractivity contribution in [2.45, 2.75) is 6.92 Å². The number of benzene rings is 1. The predicted molar refractivity (Wildman–Crippen MR) is 80.5 cm³/mol. The number of halogens is 1. The lowest BCUT2D eigenvalue weighted by atomic mass is 9.96. The quantitative estimate of drug-likeness (QED) is 0.275. The molecular weight excluding hydrogens is 326 g/mol. The Morgan fingerprint density at radius 1 is 1.39 bits per heavy atom. The highest BCUT2D eigenvalue weighted by Crippen LogP contribution is 2.24. The average molecular weight is 336 g/mol. The van der Waals surface area contributed by atoms with Crippen molar-refractivity contribution in [2.75, 3.05) is 0 Å². The van der Waals surface area contributed by atoms with E-state index in [9.17, 15) is 24.5 Å². The minimum atomic E-state index is -1.59. The number of ether oxygens (including phenoxy) is 1. The number of cyclic esters (lactones) is 1. The number of carbonyl (C=O) groups is 3. The van der Waals surface area contributed by atoms with Crippen molar-refractivity contribution in [3.8, 4) is 0 Å². The van der Waals surface area contributed by atoms with Crippen LogP contribution in [0.4, 0.5) is 5.69 Å². The molecule has 118 valence electrons. The number of rotatable bonds is 4. The van der Waals surface area contributed by atoms with E-state index in [2.05, 4.69) is 0 Å². The Labute approximate surface area is 135 Å². The van der Waals surface area contributed by atoms with E-state index in [1.807, 2.05) is 0 Å². The van der Waals surface area contributed by atoms with Crippen molar-refractivity contribution in [1.29, 1.82) is 0 Å². The van der Waals surface area contributed by atoms with E-state index in [0.29, 0.717) is 0 Å². The molecule has 1 heterocycles. The lowest BCUT2D eigenvalue weighted by molar-refractivity contribution is -0.385. The van der Waals surface area contributed by atoms with Crippen molar-refractivity contribution in [1.82, 2.24) is 0 Å². The SMILES string of the molecule is CC1=CC(=O)C(C(=O)/C=C/c2cc(Cl)ccc2[N+](=O)[O-])C(=O)O1. The van der Waals surface area contributed by atoms with Crippen LogP contribution in [0.15, 0.2) is 36.1 Å². The summed E-state index contributed by atoms with van der Waals surface area (Å²) in [6.07, 6.45) is 3.12. The molecule has 1 aromatic carbocycles. The van der Waals surface area contributed by atoms with Crippen molar-refractivity contribution < 1.29 is 24.0 Å². The van der Waals surface area contributed by atoms with Gasteiger partial charge in [-0.25, -0.2) is 0 Å². The molecule has 8 heteroatoms. The number of hydrogen-bond acceptors (Lipinski definition) is 6. The standard InChI is InChI=1S/C15H10ClNO6/c1-8-6-13(19)14(15(20)23-8)12(18)5-2-9-7-10(16)3-4-11(9)17(21)22/h2-7,14H,1H3/b5-2+. The molecule has 0 bridgehead atoms. The maximum atomic E-state index is 12.0. The Kier molecular flexibility index (Phi) is 4.71. The summed E-state index contributed by atoms with van der Waals surface area (Å²) < 4.78 is 4.74.